The van der Waals surface area contributed by atoms with Gasteiger partial charge in [-0.25, -0.2) is 23.8 Å². The number of esters is 1. The van der Waals surface area contributed by atoms with Crippen molar-refractivity contribution in [1.29, 1.82) is 0 Å². The Hall–Kier alpha value is -3.93. The average molecular weight is 741 g/mol. The summed E-state index contributed by atoms with van der Waals surface area (Å²) in [5.74, 6) is -0.283. The van der Waals surface area contributed by atoms with Gasteiger partial charge in [-0.05, 0) is 122 Å². The Morgan fingerprint density at radius 2 is 1.72 bits per heavy atom. The number of rotatable bonds is 13. The molecule has 1 fully saturated rings. The van der Waals surface area contributed by atoms with Crippen LogP contribution in [-0.4, -0.2) is 90.1 Å². The number of amides is 2. The molecule has 12 heteroatoms. The van der Waals surface area contributed by atoms with Gasteiger partial charge in [0.1, 0.15) is 23.1 Å². The lowest BCUT2D eigenvalue weighted by Gasteiger charge is -2.33. The van der Waals surface area contributed by atoms with Gasteiger partial charge in [0.15, 0.2) is 11.6 Å². The first kappa shape index (κ1) is 41.8. The number of hydrogen-bond acceptors (Lipinski definition) is 9. The van der Waals surface area contributed by atoms with E-state index >= 15 is 4.39 Å². The number of nitrogens with zero attached hydrogens (tertiary/aromatic N) is 4. The first-order valence-corrected chi connectivity index (χ1v) is 19.2. The standard InChI is InChI=1S/C41H61FN4O7/c1-11-51-37(47)34(32-24-29(27(2)3)25-33(42)35(32)50-10)44-23-20-31(26-44)45(38(48)52-40(4,5)6)21-14-12-13-17-30-19-18-28-16-15-22-46(36(28)43-30)39(49)53-41(7,8)9/h18-19,24-25,27,31,34H,11-17,20-23,26H2,1-10H3/t31-,34?/m1/s1. The van der Waals surface area contributed by atoms with Crippen LogP contribution >= 0.6 is 0 Å². The van der Waals surface area contributed by atoms with E-state index in [4.69, 9.17) is 23.9 Å². The van der Waals surface area contributed by atoms with E-state index in [0.717, 1.165) is 55.3 Å². The van der Waals surface area contributed by atoms with Gasteiger partial charge in [0, 0.05) is 43.5 Å². The molecule has 0 spiro atoms. The molecule has 1 unspecified atom stereocenters. The van der Waals surface area contributed by atoms with Gasteiger partial charge in [-0.15, -0.1) is 0 Å². The Morgan fingerprint density at radius 3 is 2.36 bits per heavy atom. The first-order valence-electron chi connectivity index (χ1n) is 19.2. The summed E-state index contributed by atoms with van der Waals surface area (Å²) in [4.78, 5) is 50.4. The van der Waals surface area contributed by atoms with Gasteiger partial charge in [0.25, 0.3) is 0 Å². The van der Waals surface area contributed by atoms with E-state index in [-0.39, 0.29) is 30.4 Å². The summed E-state index contributed by atoms with van der Waals surface area (Å²) in [6.45, 7) is 18.9. The molecule has 2 aliphatic rings. The van der Waals surface area contributed by atoms with Gasteiger partial charge in [0.05, 0.1) is 13.7 Å². The Bertz CT molecular complexity index is 1590. The van der Waals surface area contributed by atoms with Crippen LogP contribution in [0.3, 0.4) is 0 Å². The molecule has 294 valence electrons. The number of halogens is 1. The van der Waals surface area contributed by atoms with Crippen LogP contribution in [0.5, 0.6) is 5.75 Å². The van der Waals surface area contributed by atoms with Crippen molar-refractivity contribution in [3.63, 3.8) is 0 Å². The second-order valence-corrected chi connectivity index (χ2v) is 16.4. The number of carbonyl (C=O) groups is 3. The van der Waals surface area contributed by atoms with Crippen LogP contribution in [0.1, 0.15) is 129 Å². The molecule has 1 aromatic carbocycles. The summed E-state index contributed by atoms with van der Waals surface area (Å²) in [6.07, 6.45) is 4.72. The predicted molar refractivity (Wildman–Crippen MR) is 203 cm³/mol. The second kappa shape index (κ2) is 17.9. The highest BCUT2D eigenvalue weighted by Crippen LogP contribution is 2.38. The van der Waals surface area contributed by atoms with Gasteiger partial charge in [0.2, 0.25) is 0 Å². The van der Waals surface area contributed by atoms with Crippen molar-refractivity contribution in [2.75, 3.05) is 44.8 Å². The smallest absolute Gasteiger partial charge is 0.416 e. The molecule has 0 aliphatic carbocycles. The van der Waals surface area contributed by atoms with E-state index in [2.05, 4.69) is 6.07 Å². The second-order valence-electron chi connectivity index (χ2n) is 16.4. The third-order valence-electron chi connectivity index (χ3n) is 9.44. The van der Waals surface area contributed by atoms with Crippen molar-refractivity contribution in [3.8, 4) is 5.75 Å². The number of aromatic nitrogens is 1. The minimum Gasteiger partial charge on any atom is -0.493 e. The molecule has 2 aromatic rings. The zero-order valence-electron chi connectivity index (χ0n) is 33.6. The fourth-order valence-electron chi connectivity index (χ4n) is 6.96. The van der Waals surface area contributed by atoms with E-state index in [1.54, 1.807) is 16.7 Å². The van der Waals surface area contributed by atoms with Crippen molar-refractivity contribution in [1.82, 2.24) is 14.8 Å². The van der Waals surface area contributed by atoms with Crippen LogP contribution < -0.4 is 9.64 Å². The normalized spacial score (nSPS) is 17.0. The maximum atomic E-state index is 15.3. The van der Waals surface area contributed by atoms with Crippen LogP contribution in [-0.2, 0) is 31.8 Å². The summed E-state index contributed by atoms with van der Waals surface area (Å²) in [5.41, 5.74) is 1.85. The Balaban J connectivity index is 1.46. The highest BCUT2D eigenvalue weighted by molar-refractivity contribution is 5.88. The average Bonchev–Trinajstić information content (AvgIpc) is 3.53. The third kappa shape index (κ3) is 11.3. The van der Waals surface area contributed by atoms with Crippen LogP contribution in [0.15, 0.2) is 24.3 Å². The topological polar surface area (TPSA) is 111 Å². The number of aryl methyl sites for hydroxylation is 2. The van der Waals surface area contributed by atoms with E-state index < -0.39 is 35.1 Å². The molecule has 11 nitrogen and oxygen atoms in total. The first-order chi connectivity index (χ1) is 24.9. The molecule has 0 N–H and O–H groups in total. The van der Waals surface area contributed by atoms with Gasteiger partial charge < -0.3 is 23.8 Å². The number of likely N-dealkylation sites (tertiary alicyclic amines) is 1. The van der Waals surface area contributed by atoms with Crippen molar-refractivity contribution in [2.24, 2.45) is 0 Å². The van der Waals surface area contributed by atoms with E-state index in [1.165, 1.54) is 13.2 Å². The zero-order valence-corrected chi connectivity index (χ0v) is 33.6. The van der Waals surface area contributed by atoms with Crippen LogP contribution in [0.2, 0.25) is 0 Å². The maximum absolute atomic E-state index is 15.3. The molecule has 0 bridgehead atoms. The number of hydrogen-bond donors (Lipinski definition) is 0. The quantitative estimate of drug-likeness (QED) is 0.114. The van der Waals surface area contributed by atoms with Crippen molar-refractivity contribution >= 4 is 24.0 Å². The largest absolute Gasteiger partial charge is 0.493 e. The number of pyridine rings is 1. The Labute approximate surface area is 315 Å². The number of unbranched alkanes of at least 4 members (excludes halogenated alkanes) is 2. The fraction of sp³-hybridized carbons (Fsp3) is 0.659. The molecule has 3 heterocycles. The number of fused-ring (bicyclic) bond motifs is 1. The molecule has 2 atom stereocenters. The van der Waals surface area contributed by atoms with E-state index in [9.17, 15) is 14.4 Å². The minimum atomic E-state index is -0.904. The van der Waals surface area contributed by atoms with Crippen molar-refractivity contribution in [2.45, 2.75) is 136 Å². The molecule has 2 aliphatic heterocycles. The van der Waals surface area contributed by atoms with Crippen LogP contribution in [0, 0.1) is 5.82 Å². The van der Waals surface area contributed by atoms with Gasteiger partial charge in [-0.1, -0.05) is 26.3 Å². The Morgan fingerprint density at radius 1 is 1.00 bits per heavy atom. The third-order valence-corrected chi connectivity index (χ3v) is 9.44. The predicted octanol–water partition coefficient (Wildman–Crippen LogP) is 8.37. The summed E-state index contributed by atoms with van der Waals surface area (Å²) in [5, 5.41) is 0. The number of carbonyl (C=O) groups excluding carboxylic acids is 3. The highest BCUT2D eigenvalue weighted by atomic mass is 19.1. The zero-order chi connectivity index (χ0) is 39.1. The number of benzene rings is 1. The van der Waals surface area contributed by atoms with Gasteiger partial charge >= 0.3 is 18.2 Å². The molecule has 1 saturated heterocycles. The summed E-state index contributed by atoms with van der Waals surface area (Å²) >= 11 is 0. The molecular weight excluding hydrogens is 679 g/mol. The molecule has 0 radical (unpaired) electrons. The summed E-state index contributed by atoms with van der Waals surface area (Å²) in [7, 11) is 1.40. The molecular formula is C41H61FN4O7. The lowest BCUT2D eigenvalue weighted by molar-refractivity contribution is -0.149. The Kier molecular flexibility index (Phi) is 14.1. The van der Waals surface area contributed by atoms with E-state index in [0.29, 0.717) is 44.0 Å². The lowest BCUT2D eigenvalue weighted by Crippen LogP contribution is -2.46. The molecule has 4 rings (SSSR count). The number of anilines is 1. The summed E-state index contributed by atoms with van der Waals surface area (Å²) in [6, 6.07) is 6.25. The van der Waals surface area contributed by atoms with Crippen LogP contribution in [0.25, 0.3) is 0 Å². The van der Waals surface area contributed by atoms with E-state index in [1.807, 2.05) is 72.4 Å². The molecule has 0 saturated carbocycles. The fourth-order valence-corrected chi connectivity index (χ4v) is 6.96. The molecule has 53 heavy (non-hydrogen) atoms. The monoisotopic (exact) mass is 740 g/mol. The lowest BCUT2D eigenvalue weighted by atomic mass is 9.95. The highest BCUT2D eigenvalue weighted by Gasteiger charge is 2.41. The molecule has 1 aromatic heterocycles. The van der Waals surface area contributed by atoms with Gasteiger partial charge in [-0.3, -0.25) is 9.80 Å². The van der Waals surface area contributed by atoms with Gasteiger partial charge in [-0.2, -0.15) is 0 Å². The number of methoxy groups -OCH3 is 1. The van der Waals surface area contributed by atoms with Crippen molar-refractivity contribution < 1.29 is 37.7 Å². The maximum Gasteiger partial charge on any atom is 0.416 e. The SMILES string of the molecule is CCOC(=O)C(c1cc(C(C)C)cc(F)c1OC)N1CC[C@@H](N(CCCCCc2ccc3c(n2)N(C(=O)OC(C)(C)C)CCC3)C(=O)OC(C)(C)C)C1. The minimum absolute atomic E-state index is 0.0193. The molecule has 2 amide bonds. The van der Waals surface area contributed by atoms with Crippen LogP contribution in [0.4, 0.5) is 19.8 Å². The summed E-state index contributed by atoms with van der Waals surface area (Å²) < 4.78 is 37.9. The number of ether oxygens (including phenoxy) is 4. The van der Waals surface area contributed by atoms with Crippen molar-refractivity contribution in [3.05, 3.63) is 52.5 Å².